The number of hydrogen-bond acceptors (Lipinski definition) is 4. The number of nitrogens with zero attached hydrogens (tertiary/aromatic N) is 1. The maximum Gasteiger partial charge on any atom is 0.246 e. The standard InChI is InChI=1S/C18H26N4O3/c1-13(23)21-15(12-14-6-3-2-4-7-14)18(25)22-11-5-8-16(22)17(24)20-10-9-19/h2-4,6-7,15-16H,5,8-12,19H2,1H3,(H,20,24)(H,21,23). The van der Waals surface area contributed by atoms with Gasteiger partial charge in [0.1, 0.15) is 12.1 Å². The molecule has 0 spiro atoms. The van der Waals surface area contributed by atoms with Gasteiger partial charge in [-0.3, -0.25) is 14.4 Å². The number of benzene rings is 1. The van der Waals surface area contributed by atoms with E-state index in [9.17, 15) is 14.4 Å². The Hall–Kier alpha value is -2.41. The zero-order valence-corrected chi connectivity index (χ0v) is 14.5. The van der Waals surface area contributed by atoms with Crippen LogP contribution in [-0.4, -0.2) is 54.3 Å². The highest BCUT2D eigenvalue weighted by Crippen LogP contribution is 2.19. The van der Waals surface area contributed by atoms with Crippen LogP contribution in [0.25, 0.3) is 0 Å². The Morgan fingerprint density at radius 2 is 2.00 bits per heavy atom. The summed E-state index contributed by atoms with van der Waals surface area (Å²) in [5.74, 6) is -0.667. The number of nitrogens with two attached hydrogens (primary N) is 1. The van der Waals surface area contributed by atoms with Crippen LogP contribution in [0.5, 0.6) is 0 Å². The number of likely N-dealkylation sites (tertiary alicyclic amines) is 1. The van der Waals surface area contributed by atoms with Gasteiger partial charge in [-0.2, -0.15) is 0 Å². The molecule has 0 aliphatic carbocycles. The summed E-state index contributed by atoms with van der Waals surface area (Å²) in [5.41, 5.74) is 6.37. The van der Waals surface area contributed by atoms with Crippen molar-refractivity contribution in [3.8, 4) is 0 Å². The van der Waals surface area contributed by atoms with Gasteiger partial charge in [0.2, 0.25) is 17.7 Å². The molecule has 3 amide bonds. The van der Waals surface area contributed by atoms with Crippen molar-refractivity contribution in [2.45, 2.75) is 38.3 Å². The molecule has 1 aromatic rings. The van der Waals surface area contributed by atoms with Crippen LogP contribution < -0.4 is 16.4 Å². The molecule has 7 nitrogen and oxygen atoms in total. The first-order valence-electron chi connectivity index (χ1n) is 8.62. The lowest BCUT2D eigenvalue weighted by Crippen LogP contribution is -2.54. The van der Waals surface area contributed by atoms with Crippen LogP contribution in [0.3, 0.4) is 0 Å². The van der Waals surface area contributed by atoms with Gasteiger partial charge >= 0.3 is 0 Å². The molecule has 25 heavy (non-hydrogen) atoms. The summed E-state index contributed by atoms with van der Waals surface area (Å²) in [4.78, 5) is 38.4. The first kappa shape index (κ1) is 18.9. The van der Waals surface area contributed by atoms with Crippen molar-refractivity contribution in [1.29, 1.82) is 0 Å². The van der Waals surface area contributed by atoms with E-state index in [1.165, 1.54) is 6.92 Å². The maximum absolute atomic E-state index is 13.0. The summed E-state index contributed by atoms with van der Waals surface area (Å²) < 4.78 is 0. The normalized spacial score (nSPS) is 17.8. The van der Waals surface area contributed by atoms with Crippen LogP contribution in [0.15, 0.2) is 30.3 Å². The van der Waals surface area contributed by atoms with E-state index in [4.69, 9.17) is 5.73 Å². The third kappa shape index (κ3) is 5.29. The number of nitrogens with one attached hydrogen (secondary N) is 2. The van der Waals surface area contributed by atoms with E-state index in [0.717, 1.165) is 12.0 Å². The van der Waals surface area contributed by atoms with Crippen LogP contribution in [0.2, 0.25) is 0 Å². The predicted molar refractivity (Wildman–Crippen MR) is 94.5 cm³/mol. The molecule has 136 valence electrons. The van der Waals surface area contributed by atoms with Crippen molar-refractivity contribution in [2.24, 2.45) is 5.73 Å². The Bertz CT molecular complexity index is 606. The van der Waals surface area contributed by atoms with E-state index in [1.807, 2.05) is 30.3 Å². The molecule has 0 radical (unpaired) electrons. The highest BCUT2D eigenvalue weighted by molar-refractivity contribution is 5.92. The van der Waals surface area contributed by atoms with E-state index in [2.05, 4.69) is 10.6 Å². The molecular formula is C18H26N4O3. The van der Waals surface area contributed by atoms with Gasteiger partial charge in [-0.15, -0.1) is 0 Å². The summed E-state index contributed by atoms with van der Waals surface area (Å²) in [6.45, 7) is 2.65. The van der Waals surface area contributed by atoms with Gasteiger partial charge in [0.05, 0.1) is 0 Å². The van der Waals surface area contributed by atoms with Gasteiger partial charge in [0, 0.05) is 33.0 Å². The van der Waals surface area contributed by atoms with Crippen molar-refractivity contribution in [2.75, 3.05) is 19.6 Å². The number of rotatable bonds is 7. The van der Waals surface area contributed by atoms with Gasteiger partial charge in [0.15, 0.2) is 0 Å². The zero-order valence-electron chi connectivity index (χ0n) is 14.5. The molecule has 0 bridgehead atoms. The Labute approximate surface area is 147 Å². The van der Waals surface area contributed by atoms with Crippen molar-refractivity contribution < 1.29 is 14.4 Å². The fraction of sp³-hybridized carbons (Fsp3) is 0.500. The van der Waals surface area contributed by atoms with Crippen LogP contribution in [0, 0.1) is 0 Å². The van der Waals surface area contributed by atoms with Crippen LogP contribution in [-0.2, 0) is 20.8 Å². The van der Waals surface area contributed by atoms with Crippen molar-refractivity contribution in [3.05, 3.63) is 35.9 Å². The van der Waals surface area contributed by atoms with E-state index in [-0.39, 0.29) is 17.7 Å². The highest BCUT2D eigenvalue weighted by atomic mass is 16.2. The number of hydrogen-bond donors (Lipinski definition) is 3. The third-order valence-corrected chi connectivity index (χ3v) is 4.24. The molecule has 2 unspecified atom stereocenters. The minimum atomic E-state index is -0.678. The largest absolute Gasteiger partial charge is 0.353 e. The summed E-state index contributed by atoms with van der Waals surface area (Å²) in [5, 5.41) is 5.47. The minimum Gasteiger partial charge on any atom is -0.353 e. The third-order valence-electron chi connectivity index (χ3n) is 4.24. The Morgan fingerprint density at radius 3 is 2.64 bits per heavy atom. The van der Waals surface area contributed by atoms with E-state index >= 15 is 0 Å². The molecule has 1 fully saturated rings. The van der Waals surface area contributed by atoms with Crippen molar-refractivity contribution in [3.63, 3.8) is 0 Å². The molecule has 2 rings (SSSR count). The van der Waals surface area contributed by atoms with Crippen molar-refractivity contribution >= 4 is 17.7 Å². The number of carbonyl (C=O) groups excluding carboxylic acids is 3. The first-order chi connectivity index (χ1) is 12.0. The average Bonchev–Trinajstić information content (AvgIpc) is 3.08. The Morgan fingerprint density at radius 1 is 1.28 bits per heavy atom. The lowest BCUT2D eigenvalue weighted by atomic mass is 10.0. The van der Waals surface area contributed by atoms with Gasteiger partial charge < -0.3 is 21.3 Å². The highest BCUT2D eigenvalue weighted by Gasteiger charge is 2.37. The summed E-state index contributed by atoms with van der Waals surface area (Å²) >= 11 is 0. The van der Waals surface area contributed by atoms with Gasteiger partial charge in [0.25, 0.3) is 0 Å². The molecule has 0 saturated carbocycles. The molecule has 2 atom stereocenters. The first-order valence-corrected chi connectivity index (χ1v) is 8.62. The van der Waals surface area contributed by atoms with E-state index in [0.29, 0.717) is 32.5 Å². The second-order valence-electron chi connectivity index (χ2n) is 6.21. The Balaban J connectivity index is 2.11. The molecule has 1 aliphatic heterocycles. The molecule has 1 heterocycles. The monoisotopic (exact) mass is 346 g/mol. The van der Waals surface area contributed by atoms with Crippen LogP contribution >= 0.6 is 0 Å². The van der Waals surface area contributed by atoms with Gasteiger partial charge in [-0.05, 0) is 18.4 Å². The molecule has 7 heteroatoms. The lowest BCUT2D eigenvalue weighted by molar-refractivity contribution is -0.141. The fourth-order valence-electron chi connectivity index (χ4n) is 3.11. The predicted octanol–water partition coefficient (Wildman–Crippen LogP) is -0.200. The fourth-order valence-corrected chi connectivity index (χ4v) is 3.11. The quantitative estimate of drug-likeness (QED) is 0.636. The maximum atomic E-state index is 13.0. The van der Waals surface area contributed by atoms with Gasteiger partial charge in [-0.1, -0.05) is 30.3 Å². The van der Waals surface area contributed by atoms with Gasteiger partial charge in [-0.25, -0.2) is 0 Å². The number of amides is 3. The minimum absolute atomic E-state index is 0.183. The topological polar surface area (TPSA) is 105 Å². The van der Waals surface area contributed by atoms with E-state index < -0.39 is 12.1 Å². The second-order valence-corrected chi connectivity index (χ2v) is 6.21. The summed E-state index contributed by atoms with van der Waals surface area (Å²) in [7, 11) is 0. The molecule has 1 aliphatic rings. The number of carbonyl (C=O) groups is 3. The summed E-state index contributed by atoms with van der Waals surface area (Å²) in [6, 6.07) is 8.34. The summed E-state index contributed by atoms with van der Waals surface area (Å²) in [6.07, 6.45) is 1.79. The zero-order chi connectivity index (χ0) is 18.2. The molecular weight excluding hydrogens is 320 g/mol. The molecule has 1 saturated heterocycles. The van der Waals surface area contributed by atoms with Crippen molar-refractivity contribution in [1.82, 2.24) is 15.5 Å². The van der Waals surface area contributed by atoms with Crippen LogP contribution in [0.4, 0.5) is 0 Å². The van der Waals surface area contributed by atoms with Crippen LogP contribution in [0.1, 0.15) is 25.3 Å². The average molecular weight is 346 g/mol. The van der Waals surface area contributed by atoms with E-state index in [1.54, 1.807) is 4.90 Å². The Kier molecular flexibility index (Phi) is 6.94. The lowest BCUT2D eigenvalue weighted by Gasteiger charge is -2.28. The SMILES string of the molecule is CC(=O)NC(Cc1ccccc1)C(=O)N1CCCC1C(=O)NCCN. The smallest absolute Gasteiger partial charge is 0.246 e. The second kappa shape index (κ2) is 9.17. The molecule has 1 aromatic carbocycles. The molecule has 0 aromatic heterocycles. The molecule has 4 N–H and O–H groups in total.